The number of hydrogen-bond acceptors (Lipinski definition) is 3. The van der Waals surface area contributed by atoms with E-state index in [0.717, 1.165) is 0 Å². The van der Waals surface area contributed by atoms with E-state index in [2.05, 4.69) is 4.74 Å². The summed E-state index contributed by atoms with van der Waals surface area (Å²) in [5.41, 5.74) is 0. The van der Waals surface area contributed by atoms with Gasteiger partial charge >= 0.3 is 0 Å². The third-order valence-electron chi connectivity index (χ3n) is 0.879. The summed E-state index contributed by atoms with van der Waals surface area (Å²) in [6, 6.07) is 0. The van der Waals surface area contributed by atoms with E-state index in [9.17, 15) is 4.79 Å². The molecule has 1 aliphatic heterocycles. The van der Waals surface area contributed by atoms with Crippen LogP contribution in [0.5, 0.6) is 0 Å². The molecule has 0 N–H and O–H groups in total. The van der Waals surface area contributed by atoms with Gasteiger partial charge in [-0.25, -0.2) is 0 Å². The largest absolute Gasteiger partial charge is 0.348 e. The molecule has 0 aliphatic carbocycles. The first-order valence-corrected chi connectivity index (χ1v) is 2.46. The first-order valence-electron chi connectivity index (χ1n) is 2.46. The molecule has 45 valence electrons. The Bertz CT molecular complexity index is 79.7. The van der Waals surface area contributed by atoms with Crippen molar-refractivity contribution in [2.24, 2.45) is 0 Å². The summed E-state index contributed by atoms with van der Waals surface area (Å²) in [5, 5.41) is 0. The molecular weight excluding hydrogens is 108 g/mol. The second-order valence-electron chi connectivity index (χ2n) is 1.57. The number of carbonyl (C=O) groups excluding carboxylic acids is 1. The smallest absolute Gasteiger partial charge is 0.209 e. The van der Waals surface area contributed by atoms with Crippen molar-refractivity contribution in [3.8, 4) is 0 Å². The van der Waals surface area contributed by atoms with Crippen LogP contribution in [-0.2, 0) is 14.3 Å². The van der Waals surface area contributed by atoms with E-state index in [1.165, 1.54) is 6.79 Å². The Morgan fingerprint density at radius 3 is 3.25 bits per heavy atom. The van der Waals surface area contributed by atoms with Gasteiger partial charge in [0.1, 0.15) is 6.61 Å². The van der Waals surface area contributed by atoms with Crippen LogP contribution in [0.15, 0.2) is 0 Å². The first kappa shape index (κ1) is 5.72. The Morgan fingerprint density at radius 1 is 1.50 bits per heavy atom. The minimum absolute atomic E-state index is 0.0961. The summed E-state index contributed by atoms with van der Waals surface area (Å²) in [7, 11) is 0. The lowest BCUT2D eigenvalue weighted by molar-refractivity contribution is -0.121. The lowest BCUT2D eigenvalue weighted by Gasteiger charge is -1.90. The highest BCUT2D eigenvalue weighted by Crippen LogP contribution is 1.96. The average Bonchev–Trinajstić information content (AvgIpc) is 1.94. The molecule has 0 aromatic rings. The molecule has 0 unspecified atom stereocenters. The van der Waals surface area contributed by atoms with Crippen LogP contribution in [0, 0.1) is 6.79 Å². The molecule has 0 spiro atoms. The van der Waals surface area contributed by atoms with Gasteiger partial charge in [0.25, 0.3) is 0 Å². The first-order chi connectivity index (χ1) is 3.89. The van der Waals surface area contributed by atoms with Gasteiger partial charge in [-0.3, -0.25) is 4.79 Å². The average molecular weight is 115 g/mol. The summed E-state index contributed by atoms with van der Waals surface area (Å²) in [6.07, 6.45) is 0.469. The van der Waals surface area contributed by atoms with Gasteiger partial charge in [-0.15, -0.1) is 0 Å². The highest BCUT2D eigenvalue weighted by atomic mass is 16.7. The van der Waals surface area contributed by atoms with Crippen molar-refractivity contribution in [1.82, 2.24) is 0 Å². The minimum Gasteiger partial charge on any atom is -0.348 e. The van der Waals surface area contributed by atoms with E-state index in [1.54, 1.807) is 0 Å². The molecule has 0 bridgehead atoms. The van der Waals surface area contributed by atoms with Crippen molar-refractivity contribution in [2.75, 3.05) is 13.2 Å². The Balaban J connectivity index is 2.27. The van der Waals surface area contributed by atoms with Crippen LogP contribution in [0.1, 0.15) is 6.42 Å². The Morgan fingerprint density at radius 2 is 2.38 bits per heavy atom. The molecule has 0 aromatic heterocycles. The van der Waals surface area contributed by atoms with E-state index in [1.807, 2.05) is 0 Å². The highest BCUT2D eigenvalue weighted by Gasteiger charge is 2.05. The van der Waals surface area contributed by atoms with E-state index < -0.39 is 0 Å². The van der Waals surface area contributed by atoms with Gasteiger partial charge in [0, 0.05) is 6.42 Å². The fourth-order valence-corrected chi connectivity index (χ4v) is 0.468. The molecule has 8 heavy (non-hydrogen) atoms. The topological polar surface area (TPSA) is 35.5 Å². The molecule has 0 saturated carbocycles. The molecule has 1 saturated heterocycles. The molecule has 3 heteroatoms. The predicted molar refractivity (Wildman–Crippen MR) is 25.8 cm³/mol. The van der Waals surface area contributed by atoms with Crippen LogP contribution >= 0.6 is 0 Å². The van der Waals surface area contributed by atoms with Crippen LogP contribution in [0.25, 0.3) is 0 Å². The van der Waals surface area contributed by atoms with E-state index >= 15 is 0 Å². The molecule has 1 fully saturated rings. The van der Waals surface area contributed by atoms with Crippen LogP contribution in [0.3, 0.4) is 0 Å². The maximum absolute atomic E-state index is 10.5. The van der Waals surface area contributed by atoms with Crippen molar-refractivity contribution in [3.63, 3.8) is 0 Å². The molecule has 0 aromatic carbocycles. The quantitative estimate of drug-likeness (QED) is 0.449. The van der Waals surface area contributed by atoms with Crippen LogP contribution in [0.2, 0.25) is 0 Å². The van der Waals surface area contributed by atoms with E-state index in [-0.39, 0.29) is 12.4 Å². The normalized spacial score (nSPS) is 22.8. The third-order valence-corrected chi connectivity index (χ3v) is 0.879. The summed E-state index contributed by atoms with van der Waals surface area (Å²) in [6.45, 7) is 1.84. The highest BCUT2D eigenvalue weighted by molar-refractivity contribution is 5.79. The maximum atomic E-state index is 10.5. The molecule has 1 heterocycles. The molecule has 3 nitrogen and oxygen atoms in total. The Hall–Kier alpha value is -0.410. The van der Waals surface area contributed by atoms with Crippen molar-refractivity contribution in [2.45, 2.75) is 6.42 Å². The minimum atomic E-state index is 0.0961. The molecule has 0 amide bonds. The molecular formula is C5H7O3. The van der Waals surface area contributed by atoms with Crippen molar-refractivity contribution in [3.05, 3.63) is 6.79 Å². The number of ether oxygens (including phenoxy) is 2. The van der Waals surface area contributed by atoms with Gasteiger partial charge in [-0.1, -0.05) is 0 Å². The summed E-state index contributed by atoms with van der Waals surface area (Å²) in [4.78, 5) is 10.5. The van der Waals surface area contributed by atoms with Crippen LogP contribution < -0.4 is 0 Å². The lowest BCUT2D eigenvalue weighted by atomic mass is 10.3. The number of ketones is 1. The second-order valence-corrected chi connectivity index (χ2v) is 1.57. The maximum Gasteiger partial charge on any atom is 0.209 e. The lowest BCUT2D eigenvalue weighted by Crippen LogP contribution is -2.03. The van der Waals surface area contributed by atoms with Gasteiger partial charge in [-0.05, 0) is 0 Å². The standard InChI is InChI=1S/C5H7O3/c6-5-1-2-7-4-8-3-5/h4H,1-3H2. The molecule has 1 aliphatic rings. The monoisotopic (exact) mass is 115 g/mol. The molecule has 0 atom stereocenters. The summed E-state index contributed by atoms with van der Waals surface area (Å²) < 4.78 is 9.31. The number of rotatable bonds is 0. The molecule has 1 radical (unpaired) electrons. The summed E-state index contributed by atoms with van der Waals surface area (Å²) >= 11 is 0. The van der Waals surface area contributed by atoms with Crippen molar-refractivity contribution < 1.29 is 14.3 Å². The van der Waals surface area contributed by atoms with Gasteiger partial charge < -0.3 is 9.47 Å². The summed E-state index contributed by atoms with van der Waals surface area (Å²) in [5.74, 6) is 0.0961. The number of hydrogen-bond donors (Lipinski definition) is 0. The number of carbonyl (C=O) groups is 1. The van der Waals surface area contributed by atoms with Crippen molar-refractivity contribution in [1.29, 1.82) is 0 Å². The fraction of sp³-hybridized carbons (Fsp3) is 0.600. The van der Waals surface area contributed by atoms with Gasteiger partial charge in [0.05, 0.1) is 6.61 Å². The van der Waals surface area contributed by atoms with Crippen molar-refractivity contribution >= 4 is 5.78 Å². The fourth-order valence-electron chi connectivity index (χ4n) is 0.468. The zero-order chi connectivity index (χ0) is 5.82. The third kappa shape index (κ3) is 1.60. The van der Waals surface area contributed by atoms with E-state index in [4.69, 9.17) is 4.74 Å². The van der Waals surface area contributed by atoms with Crippen LogP contribution in [-0.4, -0.2) is 19.0 Å². The van der Waals surface area contributed by atoms with Gasteiger partial charge in [0.15, 0.2) is 5.78 Å². The Kier molecular flexibility index (Phi) is 2.00. The van der Waals surface area contributed by atoms with E-state index in [0.29, 0.717) is 13.0 Å². The zero-order valence-electron chi connectivity index (χ0n) is 4.42. The van der Waals surface area contributed by atoms with Gasteiger partial charge in [-0.2, -0.15) is 0 Å². The SMILES string of the molecule is O=C1CCO[CH]OC1. The predicted octanol–water partition coefficient (Wildman–Crippen LogP) is 0.112. The number of Topliss-reactive ketones (excluding diaryl/α,β-unsaturated/α-hetero) is 1. The van der Waals surface area contributed by atoms with Crippen LogP contribution in [0.4, 0.5) is 0 Å². The Labute approximate surface area is 47.6 Å². The zero-order valence-corrected chi connectivity index (χ0v) is 4.42. The van der Waals surface area contributed by atoms with Gasteiger partial charge in [0.2, 0.25) is 6.79 Å². The molecule has 1 rings (SSSR count). The second kappa shape index (κ2) is 2.79.